The van der Waals surface area contributed by atoms with Crippen LogP contribution in [0, 0.1) is 12.8 Å². The number of piperidine rings is 1. The van der Waals surface area contributed by atoms with Gasteiger partial charge in [0.05, 0.1) is 18.8 Å². The molecule has 1 unspecified atom stereocenters. The lowest BCUT2D eigenvalue weighted by Gasteiger charge is -2.33. The fourth-order valence-electron chi connectivity index (χ4n) is 3.39. The summed E-state index contributed by atoms with van der Waals surface area (Å²) in [6.07, 6.45) is 3.74. The van der Waals surface area contributed by atoms with Gasteiger partial charge in [0.15, 0.2) is 5.76 Å². The average Bonchev–Trinajstić information content (AvgIpc) is 3.15. The maximum Gasteiger partial charge on any atom is 0.226 e. The van der Waals surface area contributed by atoms with Crippen molar-refractivity contribution >= 4 is 5.91 Å². The molecule has 2 aliphatic rings. The van der Waals surface area contributed by atoms with Gasteiger partial charge in [-0.1, -0.05) is 5.16 Å². The number of hydrogen-bond donors (Lipinski definition) is 0. The minimum Gasteiger partial charge on any atom is -0.359 e. The molecule has 1 aromatic rings. The van der Waals surface area contributed by atoms with E-state index in [-0.39, 0.29) is 17.9 Å². The second-order valence-electron chi connectivity index (χ2n) is 5.95. The van der Waals surface area contributed by atoms with Crippen LogP contribution < -0.4 is 0 Å². The predicted octanol–water partition coefficient (Wildman–Crippen LogP) is 1.92. The Bertz CT molecular complexity index is 494. The smallest absolute Gasteiger partial charge is 0.226 e. The van der Waals surface area contributed by atoms with Crippen LogP contribution in [0.2, 0.25) is 0 Å². The van der Waals surface area contributed by atoms with Crippen molar-refractivity contribution < 1.29 is 14.2 Å². The molecule has 0 aromatic carbocycles. The van der Waals surface area contributed by atoms with Gasteiger partial charge in [-0.2, -0.15) is 5.06 Å². The molecule has 3 rings (SSSR count). The number of rotatable bonds is 3. The molecule has 1 aromatic heterocycles. The molecule has 21 heavy (non-hydrogen) atoms. The number of aromatic nitrogens is 1. The molecule has 0 spiro atoms. The Hall–Kier alpha value is -1.40. The topological polar surface area (TPSA) is 58.8 Å². The number of amides is 1. The van der Waals surface area contributed by atoms with Gasteiger partial charge in [-0.05, 0) is 32.6 Å². The first-order valence-corrected chi connectivity index (χ1v) is 7.72. The van der Waals surface area contributed by atoms with E-state index >= 15 is 0 Å². The van der Waals surface area contributed by atoms with Gasteiger partial charge in [0.1, 0.15) is 0 Å². The van der Waals surface area contributed by atoms with Crippen LogP contribution in [-0.2, 0) is 9.63 Å². The monoisotopic (exact) mass is 293 g/mol. The zero-order valence-corrected chi connectivity index (χ0v) is 12.7. The van der Waals surface area contributed by atoms with E-state index in [0.717, 1.165) is 56.8 Å². The highest BCUT2D eigenvalue weighted by Gasteiger charge is 2.37. The van der Waals surface area contributed by atoms with Gasteiger partial charge in [0, 0.05) is 31.6 Å². The van der Waals surface area contributed by atoms with Crippen molar-refractivity contribution in [2.75, 3.05) is 26.7 Å². The number of carbonyl (C=O) groups is 1. The highest BCUT2D eigenvalue weighted by Crippen LogP contribution is 2.34. The van der Waals surface area contributed by atoms with Crippen LogP contribution in [0.5, 0.6) is 0 Å². The lowest BCUT2D eigenvalue weighted by atomic mass is 9.96. The Kier molecular flexibility index (Phi) is 4.26. The SMILES string of the molecule is CON1CCC(C(=O)N2CCCC2c2cc(C)no2)CC1. The van der Waals surface area contributed by atoms with Gasteiger partial charge in [-0.15, -0.1) is 0 Å². The maximum absolute atomic E-state index is 12.8. The summed E-state index contributed by atoms with van der Waals surface area (Å²) in [7, 11) is 1.69. The fraction of sp³-hybridized carbons (Fsp3) is 0.733. The van der Waals surface area contributed by atoms with E-state index in [4.69, 9.17) is 9.36 Å². The summed E-state index contributed by atoms with van der Waals surface area (Å²) in [5.74, 6) is 1.20. The largest absolute Gasteiger partial charge is 0.359 e. The number of hydrogen-bond acceptors (Lipinski definition) is 5. The highest BCUT2D eigenvalue weighted by molar-refractivity contribution is 5.79. The van der Waals surface area contributed by atoms with E-state index in [1.807, 2.05) is 23.0 Å². The second-order valence-corrected chi connectivity index (χ2v) is 5.95. The third-order valence-corrected chi connectivity index (χ3v) is 4.57. The quantitative estimate of drug-likeness (QED) is 0.852. The average molecular weight is 293 g/mol. The Morgan fingerprint density at radius 2 is 2.10 bits per heavy atom. The molecule has 6 nitrogen and oxygen atoms in total. The zero-order chi connectivity index (χ0) is 14.8. The molecule has 1 amide bonds. The van der Waals surface area contributed by atoms with Crippen molar-refractivity contribution in [2.24, 2.45) is 5.92 Å². The van der Waals surface area contributed by atoms with Crippen LogP contribution in [0.3, 0.4) is 0 Å². The molecule has 1 atom stereocenters. The van der Waals surface area contributed by atoms with Crippen molar-refractivity contribution in [3.63, 3.8) is 0 Å². The molecule has 0 radical (unpaired) electrons. The van der Waals surface area contributed by atoms with E-state index in [2.05, 4.69) is 5.16 Å². The lowest BCUT2D eigenvalue weighted by Crippen LogP contribution is -2.42. The minimum absolute atomic E-state index is 0.0687. The predicted molar refractivity (Wildman–Crippen MR) is 76.2 cm³/mol. The molecular formula is C15H23N3O3. The first-order chi connectivity index (χ1) is 10.2. The van der Waals surface area contributed by atoms with Gasteiger partial charge in [-0.3, -0.25) is 4.79 Å². The Morgan fingerprint density at radius 3 is 2.71 bits per heavy atom. The molecule has 116 valence electrons. The van der Waals surface area contributed by atoms with Crippen molar-refractivity contribution in [3.05, 3.63) is 17.5 Å². The molecule has 0 bridgehead atoms. The highest BCUT2D eigenvalue weighted by atomic mass is 16.7. The Balaban J connectivity index is 1.66. The third-order valence-electron chi connectivity index (χ3n) is 4.57. The number of hydroxylamine groups is 2. The fourth-order valence-corrected chi connectivity index (χ4v) is 3.39. The van der Waals surface area contributed by atoms with Crippen molar-refractivity contribution in [3.8, 4) is 0 Å². The third kappa shape index (κ3) is 2.96. The molecule has 6 heteroatoms. The molecule has 2 saturated heterocycles. The van der Waals surface area contributed by atoms with Gasteiger partial charge in [0.2, 0.25) is 5.91 Å². The maximum atomic E-state index is 12.8. The van der Waals surface area contributed by atoms with Crippen molar-refractivity contribution in [1.82, 2.24) is 15.1 Å². The van der Waals surface area contributed by atoms with Gasteiger partial charge in [-0.25, -0.2) is 0 Å². The summed E-state index contributed by atoms with van der Waals surface area (Å²) < 4.78 is 5.38. The van der Waals surface area contributed by atoms with Crippen LogP contribution >= 0.6 is 0 Å². The van der Waals surface area contributed by atoms with E-state index in [9.17, 15) is 4.79 Å². The van der Waals surface area contributed by atoms with Gasteiger partial charge in [0.25, 0.3) is 0 Å². The van der Waals surface area contributed by atoms with E-state index in [1.54, 1.807) is 7.11 Å². The summed E-state index contributed by atoms with van der Waals surface area (Å²) in [6.45, 7) is 4.39. The summed E-state index contributed by atoms with van der Waals surface area (Å²) >= 11 is 0. The van der Waals surface area contributed by atoms with Crippen LogP contribution in [0.25, 0.3) is 0 Å². The first-order valence-electron chi connectivity index (χ1n) is 7.72. The van der Waals surface area contributed by atoms with E-state index < -0.39 is 0 Å². The van der Waals surface area contributed by atoms with Crippen LogP contribution in [-0.4, -0.2) is 47.8 Å². The summed E-state index contributed by atoms with van der Waals surface area (Å²) in [5.41, 5.74) is 0.873. The Morgan fingerprint density at radius 1 is 1.33 bits per heavy atom. The number of likely N-dealkylation sites (tertiary alicyclic amines) is 1. The number of carbonyl (C=O) groups excluding carboxylic acids is 1. The standard InChI is InChI=1S/C15H23N3O3/c1-11-10-14(21-16-11)13-4-3-7-18(13)15(19)12-5-8-17(20-2)9-6-12/h10,12-13H,3-9H2,1-2H3. The molecule has 0 N–H and O–H groups in total. The van der Waals surface area contributed by atoms with Crippen molar-refractivity contribution in [1.29, 1.82) is 0 Å². The lowest BCUT2D eigenvalue weighted by molar-refractivity contribution is -0.159. The normalized spacial score (nSPS) is 24.7. The first kappa shape index (κ1) is 14.5. The van der Waals surface area contributed by atoms with Gasteiger partial charge >= 0.3 is 0 Å². The summed E-state index contributed by atoms with van der Waals surface area (Å²) in [4.78, 5) is 20.0. The van der Waals surface area contributed by atoms with E-state index in [1.165, 1.54) is 0 Å². The molecule has 2 aliphatic heterocycles. The molecule has 0 aliphatic carbocycles. The second kappa shape index (κ2) is 6.15. The molecule has 3 heterocycles. The number of nitrogens with zero attached hydrogens (tertiary/aromatic N) is 3. The minimum atomic E-state index is 0.0687. The van der Waals surface area contributed by atoms with Crippen LogP contribution in [0.15, 0.2) is 10.6 Å². The zero-order valence-electron chi connectivity index (χ0n) is 12.7. The van der Waals surface area contributed by atoms with Crippen LogP contribution in [0.1, 0.15) is 43.2 Å². The van der Waals surface area contributed by atoms with Crippen molar-refractivity contribution in [2.45, 2.75) is 38.6 Å². The molecular weight excluding hydrogens is 270 g/mol. The number of aryl methyl sites for hydroxylation is 1. The van der Waals surface area contributed by atoms with Crippen LogP contribution in [0.4, 0.5) is 0 Å². The summed E-state index contributed by atoms with van der Waals surface area (Å²) in [5, 5.41) is 5.87. The summed E-state index contributed by atoms with van der Waals surface area (Å²) in [6, 6.07) is 2.02. The van der Waals surface area contributed by atoms with E-state index in [0.29, 0.717) is 0 Å². The Labute approximate surface area is 125 Å². The molecule has 2 fully saturated rings. The molecule has 0 saturated carbocycles. The van der Waals surface area contributed by atoms with Gasteiger partial charge < -0.3 is 14.3 Å².